The van der Waals surface area contributed by atoms with Gasteiger partial charge in [-0.1, -0.05) is 12.1 Å². The minimum atomic E-state index is 0.688. The number of hydrogen-bond acceptors (Lipinski definition) is 3. The number of benzene rings is 1. The number of nitrogens with one attached hydrogen (secondary N) is 1. The quantitative estimate of drug-likeness (QED) is 0.873. The fourth-order valence-electron chi connectivity index (χ4n) is 1.65. The van der Waals surface area contributed by atoms with E-state index in [-0.39, 0.29) is 0 Å². The highest BCUT2D eigenvalue weighted by atomic mass is 79.9. The summed E-state index contributed by atoms with van der Waals surface area (Å²) in [5.74, 6) is 0.852. The van der Waals surface area contributed by atoms with E-state index in [4.69, 9.17) is 4.74 Å². The number of ether oxygens (including phenoxy) is 1. The van der Waals surface area contributed by atoms with E-state index in [1.165, 1.54) is 5.56 Å². The first kappa shape index (κ1) is 12.9. The van der Waals surface area contributed by atoms with Crippen LogP contribution >= 0.6 is 15.9 Å². The Balaban J connectivity index is 2.10. The molecule has 2 rings (SSSR count). The summed E-state index contributed by atoms with van der Waals surface area (Å²) in [5.41, 5.74) is 3.24. The summed E-state index contributed by atoms with van der Waals surface area (Å²) >= 11 is 3.37. The van der Waals surface area contributed by atoms with Gasteiger partial charge in [0, 0.05) is 11.8 Å². The largest absolute Gasteiger partial charge is 0.497 e. The van der Waals surface area contributed by atoms with Gasteiger partial charge in [0.2, 0.25) is 0 Å². The van der Waals surface area contributed by atoms with E-state index < -0.39 is 0 Å². The van der Waals surface area contributed by atoms with Crippen LogP contribution < -0.4 is 10.1 Å². The van der Waals surface area contributed by atoms with Gasteiger partial charge in [-0.15, -0.1) is 0 Å². The van der Waals surface area contributed by atoms with Crippen LogP contribution in [0.15, 0.2) is 41.0 Å². The summed E-state index contributed by atoms with van der Waals surface area (Å²) in [4.78, 5) is 4.38. The minimum absolute atomic E-state index is 0.688. The van der Waals surface area contributed by atoms with Crippen molar-refractivity contribution in [3.05, 3.63) is 52.3 Å². The highest BCUT2D eigenvalue weighted by Crippen LogP contribution is 2.22. The van der Waals surface area contributed by atoms with E-state index in [1.807, 2.05) is 36.4 Å². The molecule has 0 atom stereocenters. The third-order valence-corrected chi connectivity index (χ3v) is 3.12. The van der Waals surface area contributed by atoms with Gasteiger partial charge in [-0.05, 0) is 46.6 Å². The molecule has 94 valence electrons. The molecule has 0 spiro atoms. The Hall–Kier alpha value is -1.55. The molecule has 0 fully saturated rings. The number of hydrogen-bond donors (Lipinski definition) is 1. The van der Waals surface area contributed by atoms with E-state index in [0.29, 0.717) is 6.54 Å². The van der Waals surface area contributed by atoms with Gasteiger partial charge < -0.3 is 10.1 Å². The predicted molar refractivity (Wildman–Crippen MR) is 77.0 cm³/mol. The van der Waals surface area contributed by atoms with E-state index in [9.17, 15) is 0 Å². The average Bonchev–Trinajstić information content (AvgIpc) is 2.38. The summed E-state index contributed by atoms with van der Waals surface area (Å²) in [6, 6.07) is 11.9. The maximum atomic E-state index is 5.22. The number of nitrogens with zero attached hydrogens (tertiary/aromatic N) is 1. The van der Waals surface area contributed by atoms with E-state index in [0.717, 1.165) is 21.7 Å². The molecule has 4 heteroatoms. The third-order valence-electron chi connectivity index (χ3n) is 2.68. The second kappa shape index (κ2) is 5.87. The van der Waals surface area contributed by atoms with Gasteiger partial charge in [0.1, 0.15) is 10.4 Å². The molecule has 2 aromatic rings. The molecule has 3 nitrogen and oxygen atoms in total. The Kier molecular flexibility index (Phi) is 4.20. The van der Waals surface area contributed by atoms with Crippen LogP contribution in [0.4, 0.5) is 5.69 Å². The number of halogens is 1. The van der Waals surface area contributed by atoms with Crippen molar-refractivity contribution in [2.24, 2.45) is 0 Å². The molecule has 18 heavy (non-hydrogen) atoms. The van der Waals surface area contributed by atoms with E-state index >= 15 is 0 Å². The summed E-state index contributed by atoms with van der Waals surface area (Å²) in [5, 5.41) is 3.37. The Morgan fingerprint density at radius 1 is 1.28 bits per heavy atom. The summed E-state index contributed by atoms with van der Waals surface area (Å²) in [6.45, 7) is 2.75. The zero-order valence-electron chi connectivity index (χ0n) is 10.4. The first-order valence-corrected chi connectivity index (χ1v) is 6.48. The Bertz CT molecular complexity index is 543. The number of anilines is 1. The molecular weight excluding hydrogens is 292 g/mol. The lowest BCUT2D eigenvalue weighted by atomic mass is 10.2. The Morgan fingerprint density at radius 3 is 2.83 bits per heavy atom. The second-order valence-electron chi connectivity index (χ2n) is 3.99. The normalized spacial score (nSPS) is 10.2. The average molecular weight is 307 g/mol. The maximum Gasteiger partial charge on any atom is 0.120 e. The van der Waals surface area contributed by atoms with Crippen LogP contribution in [0.25, 0.3) is 0 Å². The molecule has 1 aromatic carbocycles. The molecule has 0 aliphatic rings. The number of aryl methyl sites for hydroxylation is 1. The van der Waals surface area contributed by atoms with Gasteiger partial charge >= 0.3 is 0 Å². The minimum Gasteiger partial charge on any atom is -0.497 e. The lowest BCUT2D eigenvalue weighted by Crippen LogP contribution is -2.03. The van der Waals surface area contributed by atoms with E-state index in [2.05, 4.69) is 33.2 Å². The van der Waals surface area contributed by atoms with Gasteiger partial charge in [-0.3, -0.25) is 0 Å². The highest BCUT2D eigenvalue weighted by molar-refractivity contribution is 9.10. The van der Waals surface area contributed by atoms with Crippen molar-refractivity contribution >= 4 is 21.6 Å². The molecule has 0 amide bonds. The van der Waals surface area contributed by atoms with Crippen LogP contribution in [0, 0.1) is 6.92 Å². The molecule has 0 saturated carbocycles. The zero-order chi connectivity index (χ0) is 13.0. The summed E-state index contributed by atoms with van der Waals surface area (Å²) < 4.78 is 6.07. The summed E-state index contributed by atoms with van der Waals surface area (Å²) in [6.07, 6.45) is 0. The standard InChI is InChI=1S/C14H15BrN2O/c1-10-6-7-12(18-2)8-13(10)16-9-11-4-3-5-14(15)17-11/h3-8,16H,9H2,1-2H3. The zero-order valence-corrected chi connectivity index (χ0v) is 12.0. The first-order chi connectivity index (χ1) is 8.69. The van der Waals surface area contributed by atoms with Gasteiger partial charge in [-0.25, -0.2) is 4.98 Å². The molecular formula is C14H15BrN2O. The van der Waals surface area contributed by atoms with E-state index in [1.54, 1.807) is 7.11 Å². The van der Waals surface area contributed by atoms with Crippen LogP contribution in [-0.2, 0) is 6.54 Å². The van der Waals surface area contributed by atoms with Crippen LogP contribution in [-0.4, -0.2) is 12.1 Å². The molecule has 0 aliphatic heterocycles. The number of methoxy groups -OCH3 is 1. The first-order valence-electron chi connectivity index (χ1n) is 5.69. The van der Waals surface area contributed by atoms with Crippen molar-refractivity contribution in [2.75, 3.05) is 12.4 Å². The fraction of sp³-hybridized carbons (Fsp3) is 0.214. The lowest BCUT2D eigenvalue weighted by molar-refractivity contribution is 0.415. The maximum absolute atomic E-state index is 5.22. The lowest BCUT2D eigenvalue weighted by Gasteiger charge is -2.11. The van der Waals surface area contributed by atoms with Crippen molar-refractivity contribution in [1.82, 2.24) is 4.98 Å². The molecule has 0 radical (unpaired) electrons. The van der Waals surface area contributed by atoms with Crippen molar-refractivity contribution in [1.29, 1.82) is 0 Å². The van der Waals surface area contributed by atoms with Crippen molar-refractivity contribution in [3.63, 3.8) is 0 Å². The van der Waals surface area contributed by atoms with Gasteiger partial charge in [0.05, 0.1) is 19.3 Å². The van der Waals surface area contributed by atoms with Crippen LogP contribution in [0.5, 0.6) is 5.75 Å². The molecule has 0 bridgehead atoms. The monoisotopic (exact) mass is 306 g/mol. The SMILES string of the molecule is COc1ccc(C)c(NCc2cccc(Br)n2)c1. The van der Waals surface area contributed by atoms with Crippen LogP contribution in [0.2, 0.25) is 0 Å². The Morgan fingerprint density at radius 2 is 2.11 bits per heavy atom. The molecule has 1 N–H and O–H groups in total. The number of pyridine rings is 1. The molecule has 0 aliphatic carbocycles. The van der Waals surface area contributed by atoms with Gasteiger partial charge in [0.25, 0.3) is 0 Å². The fourth-order valence-corrected chi connectivity index (χ4v) is 2.03. The van der Waals surface area contributed by atoms with Crippen LogP contribution in [0.3, 0.4) is 0 Å². The molecule has 0 saturated heterocycles. The van der Waals surface area contributed by atoms with Crippen LogP contribution in [0.1, 0.15) is 11.3 Å². The van der Waals surface area contributed by atoms with Crippen molar-refractivity contribution < 1.29 is 4.74 Å². The highest BCUT2D eigenvalue weighted by Gasteiger charge is 2.01. The number of rotatable bonds is 4. The Labute approximate surface area is 115 Å². The third kappa shape index (κ3) is 3.23. The predicted octanol–water partition coefficient (Wildman–Crippen LogP) is 3.77. The van der Waals surface area contributed by atoms with Gasteiger partial charge in [0.15, 0.2) is 0 Å². The molecule has 0 unspecified atom stereocenters. The second-order valence-corrected chi connectivity index (χ2v) is 4.80. The molecule has 1 aromatic heterocycles. The van der Waals surface area contributed by atoms with Gasteiger partial charge in [-0.2, -0.15) is 0 Å². The molecule has 1 heterocycles. The number of aromatic nitrogens is 1. The summed E-state index contributed by atoms with van der Waals surface area (Å²) in [7, 11) is 1.67. The smallest absolute Gasteiger partial charge is 0.120 e. The topological polar surface area (TPSA) is 34.1 Å². The van der Waals surface area contributed by atoms with Crippen molar-refractivity contribution in [3.8, 4) is 5.75 Å². The van der Waals surface area contributed by atoms with Crippen molar-refractivity contribution in [2.45, 2.75) is 13.5 Å².